The molecule has 0 spiro atoms. The first-order valence-electron chi connectivity index (χ1n) is 9.48. The highest BCUT2D eigenvalue weighted by molar-refractivity contribution is 6.02. The summed E-state index contributed by atoms with van der Waals surface area (Å²) in [6.07, 6.45) is 3.84. The number of halogens is 1. The summed E-state index contributed by atoms with van der Waals surface area (Å²) in [4.78, 5) is 35.3. The van der Waals surface area contributed by atoms with Crippen molar-refractivity contribution in [1.82, 2.24) is 19.3 Å². The van der Waals surface area contributed by atoms with Gasteiger partial charge in [-0.05, 0) is 32.0 Å². The molecule has 2 aromatic heterocycles. The van der Waals surface area contributed by atoms with Crippen LogP contribution >= 0.6 is 0 Å². The molecule has 4 rings (SSSR count). The quantitative estimate of drug-likeness (QED) is 0.686. The highest BCUT2D eigenvalue weighted by Gasteiger charge is 2.27. The van der Waals surface area contributed by atoms with Gasteiger partial charge in [0.25, 0.3) is 5.91 Å². The average molecular weight is 412 g/mol. The van der Waals surface area contributed by atoms with Crippen LogP contribution < -0.4 is 10.2 Å². The van der Waals surface area contributed by atoms with Gasteiger partial charge in [-0.1, -0.05) is 0 Å². The van der Waals surface area contributed by atoms with Crippen molar-refractivity contribution < 1.29 is 19.1 Å². The second kappa shape index (κ2) is 7.62. The van der Waals surface area contributed by atoms with Crippen LogP contribution in [0.5, 0.6) is 0 Å². The molecule has 3 aromatic rings. The van der Waals surface area contributed by atoms with E-state index in [1.807, 2.05) is 18.7 Å². The zero-order chi connectivity index (χ0) is 21.4. The Morgan fingerprint density at radius 1 is 1.27 bits per heavy atom. The molecule has 1 fully saturated rings. The first kappa shape index (κ1) is 19.6. The van der Waals surface area contributed by atoms with E-state index < -0.39 is 17.8 Å². The number of hydrogen-bond acceptors (Lipinski definition) is 5. The molecule has 0 bridgehead atoms. The van der Waals surface area contributed by atoms with Gasteiger partial charge >= 0.3 is 6.09 Å². The Morgan fingerprint density at radius 3 is 2.77 bits per heavy atom. The van der Waals surface area contributed by atoms with Crippen LogP contribution in [0.25, 0.3) is 5.65 Å². The summed E-state index contributed by atoms with van der Waals surface area (Å²) in [6, 6.07) is 4.34. The molecule has 10 heteroatoms. The maximum atomic E-state index is 14.7. The molecule has 1 aromatic carbocycles. The standard InChI is InChI=1S/C20H21FN6O3/c1-12-9-26-11-17(22-8-18(26)23-12)19(28)24-16-4-3-14(7-15(16)21)25-5-6-27(20(29)30)13(2)10-25/h3-4,7-9,11,13H,5-6,10H2,1-2H3,(H,24,28)(H,29,30). The van der Waals surface area contributed by atoms with E-state index in [1.165, 1.54) is 23.2 Å². The monoisotopic (exact) mass is 412 g/mol. The Bertz CT molecular complexity index is 1130. The fraction of sp³-hybridized carbons (Fsp3) is 0.300. The average Bonchev–Trinajstić information content (AvgIpc) is 3.08. The fourth-order valence-corrected chi connectivity index (χ4v) is 3.61. The minimum Gasteiger partial charge on any atom is -0.465 e. The number of imidazole rings is 1. The summed E-state index contributed by atoms with van der Waals surface area (Å²) in [5.74, 6) is -1.10. The Balaban J connectivity index is 1.47. The molecule has 1 unspecified atom stereocenters. The van der Waals surface area contributed by atoms with Crippen molar-refractivity contribution in [3.05, 3.63) is 54.0 Å². The fourth-order valence-electron chi connectivity index (χ4n) is 3.61. The molecule has 1 saturated heterocycles. The van der Waals surface area contributed by atoms with Gasteiger partial charge in [-0.15, -0.1) is 0 Å². The molecule has 0 aliphatic carbocycles. The van der Waals surface area contributed by atoms with Gasteiger partial charge in [-0.25, -0.2) is 19.2 Å². The normalized spacial score (nSPS) is 16.7. The van der Waals surface area contributed by atoms with Crippen molar-refractivity contribution in [2.45, 2.75) is 19.9 Å². The Hall–Kier alpha value is -3.69. The van der Waals surface area contributed by atoms with Crippen LogP contribution in [0.1, 0.15) is 23.1 Å². The molecule has 2 amide bonds. The number of rotatable bonds is 3. The van der Waals surface area contributed by atoms with E-state index in [-0.39, 0.29) is 17.4 Å². The van der Waals surface area contributed by atoms with E-state index >= 15 is 0 Å². The smallest absolute Gasteiger partial charge is 0.407 e. The summed E-state index contributed by atoms with van der Waals surface area (Å²) in [5.41, 5.74) is 2.24. The van der Waals surface area contributed by atoms with E-state index in [9.17, 15) is 19.1 Å². The number of amides is 2. The molecule has 1 atom stereocenters. The van der Waals surface area contributed by atoms with Gasteiger partial charge in [0, 0.05) is 43.8 Å². The lowest BCUT2D eigenvalue weighted by Gasteiger charge is -2.39. The SMILES string of the molecule is Cc1cn2cc(C(=O)Nc3ccc(N4CCN(C(=O)O)C(C)C4)cc3F)ncc2n1. The number of nitrogens with one attached hydrogen (secondary N) is 1. The number of nitrogens with zero attached hydrogens (tertiary/aromatic N) is 5. The molecule has 1 aliphatic rings. The first-order valence-corrected chi connectivity index (χ1v) is 9.48. The van der Waals surface area contributed by atoms with Crippen molar-refractivity contribution in [3.63, 3.8) is 0 Å². The van der Waals surface area contributed by atoms with Gasteiger partial charge in [0.05, 0.1) is 17.6 Å². The number of fused-ring (bicyclic) bond motifs is 1. The molecular weight excluding hydrogens is 391 g/mol. The summed E-state index contributed by atoms with van der Waals surface area (Å²) < 4.78 is 16.3. The predicted molar refractivity (Wildman–Crippen MR) is 108 cm³/mol. The van der Waals surface area contributed by atoms with E-state index in [0.717, 1.165) is 5.69 Å². The maximum absolute atomic E-state index is 14.7. The van der Waals surface area contributed by atoms with Crippen molar-refractivity contribution in [1.29, 1.82) is 0 Å². The highest BCUT2D eigenvalue weighted by Crippen LogP contribution is 2.25. The van der Waals surface area contributed by atoms with Crippen LogP contribution in [0.3, 0.4) is 0 Å². The van der Waals surface area contributed by atoms with Crippen molar-refractivity contribution >= 4 is 29.0 Å². The number of hydrogen-bond donors (Lipinski definition) is 2. The molecule has 30 heavy (non-hydrogen) atoms. The number of piperazine rings is 1. The first-order chi connectivity index (χ1) is 14.3. The molecular formula is C20H21FN6O3. The van der Waals surface area contributed by atoms with Gasteiger partial charge in [-0.2, -0.15) is 0 Å². The lowest BCUT2D eigenvalue weighted by atomic mass is 10.1. The summed E-state index contributed by atoms with van der Waals surface area (Å²) >= 11 is 0. The van der Waals surface area contributed by atoms with Gasteiger partial charge in [0.1, 0.15) is 11.5 Å². The van der Waals surface area contributed by atoms with Crippen molar-refractivity contribution in [2.75, 3.05) is 29.9 Å². The third kappa shape index (κ3) is 3.76. The minimum absolute atomic E-state index is 0.0460. The summed E-state index contributed by atoms with van der Waals surface area (Å²) in [6.45, 7) is 4.93. The third-order valence-corrected chi connectivity index (χ3v) is 5.13. The highest BCUT2D eigenvalue weighted by atomic mass is 19.1. The topological polar surface area (TPSA) is 103 Å². The van der Waals surface area contributed by atoms with Crippen LogP contribution in [0.15, 0.2) is 36.8 Å². The number of carbonyl (C=O) groups is 2. The number of aryl methyl sites for hydroxylation is 1. The Kier molecular flexibility index (Phi) is 4.98. The molecule has 2 N–H and O–H groups in total. The summed E-state index contributed by atoms with van der Waals surface area (Å²) in [7, 11) is 0. The summed E-state index contributed by atoms with van der Waals surface area (Å²) in [5, 5.41) is 11.7. The number of carboxylic acid groups (broad SMARTS) is 1. The van der Waals surface area contributed by atoms with Crippen LogP contribution in [-0.4, -0.2) is 62.1 Å². The Labute approximate surface area is 171 Å². The zero-order valence-electron chi connectivity index (χ0n) is 16.5. The number of anilines is 2. The van der Waals surface area contributed by atoms with Gasteiger partial charge in [0.15, 0.2) is 5.65 Å². The molecule has 0 saturated carbocycles. The lowest BCUT2D eigenvalue weighted by Crippen LogP contribution is -2.53. The largest absolute Gasteiger partial charge is 0.465 e. The molecule has 1 aliphatic heterocycles. The van der Waals surface area contributed by atoms with E-state index in [4.69, 9.17) is 0 Å². The molecule has 156 valence electrons. The molecule has 3 heterocycles. The maximum Gasteiger partial charge on any atom is 0.407 e. The lowest BCUT2D eigenvalue weighted by molar-refractivity contribution is 0.102. The van der Waals surface area contributed by atoms with Crippen molar-refractivity contribution in [2.24, 2.45) is 0 Å². The zero-order valence-corrected chi connectivity index (χ0v) is 16.5. The third-order valence-electron chi connectivity index (χ3n) is 5.13. The number of benzene rings is 1. The Morgan fingerprint density at radius 2 is 2.07 bits per heavy atom. The number of carbonyl (C=O) groups excluding carboxylic acids is 1. The van der Waals surface area contributed by atoms with Gasteiger partial charge in [0.2, 0.25) is 0 Å². The minimum atomic E-state index is -0.955. The predicted octanol–water partition coefficient (Wildman–Crippen LogP) is 2.62. The van der Waals surface area contributed by atoms with Crippen LogP contribution in [-0.2, 0) is 0 Å². The van der Waals surface area contributed by atoms with Crippen LogP contribution in [0, 0.1) is 12.7 Å². The van der Waals surface area contributed by atoms with Gasteiger partial charge in [-0.3, -0.25) is 4.79 Å². The number of aromatic nitrogens is 3. The second-order valence-corrected chi connectivity index (χ2v) is 7.31. The van der Waals surface area contributed by atoms with Gasteiger partial charge < -0.3 is 24.6 Å². The molecule has 9 nitrogen and oxygen atoms in total. The molecule has 0 radical (unpaired) electrons. The van der Waals surface area contributed by atoms with E-state index in [0.29, 0.717) is 31.0 Å². The van der Waals surface area contributed by atoms with E-state index in [1.54, 1.807) is 22.9 Å². The second-order valence-electron chi connectivity index (χ2n) is 7.31. The van der Waals surface area contributed by atoms with E-state index in [2.05, 4.69) is 15.3 Å². The van der Waals surface area contributed by atoms with Crippen molar-refractivity contribution in [3.8, 4) is 0 Å². The van der Waals surface area contributed by atoms with Crippen LogP contribution in [0.2, 0.25) is 0 Å². The van der Waals surface area contributed by atoms with Crippen LogP contribution in [0.4, 0.5) is 20.6 Å².